The van der Waals surface area contributed by atoms with Gasteiger partial charge in [-0.25, -0.2) is 0 Å². The first-order valence-electron chi connectivity index (χ1n) is 8.03. The minimum absolute atomic E-state index is 0.231. The number of halogens is 2. The Morgan fingerprint density at radius 3 is 2.48 bits per heavy atom. The van der Waals surface area contributed by atoms with Crippen molar-refractivity contribution < 1.29 is 9.47 Å². The van der Waals surface area contributed by atoms with Crippen LogP contribution in [0.1, 0.15) is 31.2 Å². The molecule has 1 N–H and O–H groups in total. The van der Waals surface area contributed by atoms with E-state index >= 15 is 0 Å². The third-order valence-corrected chi connectivity index (χ3v) is 5.02. The fraction of sp³-hybridized carbons (Fsp3) is 0.333. The number of thiocarbonyl (C=S) groups is 1. The molecule has 0 atom stereocenters. The average Bonchev–Trinajstić information content (AvgIpc) is 3.11. The number of aromatic nitrogens is 1. The molecule has 4 nitrogen and oxygen atoms in total. The average molecular weight is 397 g/mol. The SMILES string of the molecule is COc1ccc(C(=S)Nc2c(Cl)cncc2Cl)cc1OC1CCCC1. The van der Waals surface area contributed by atoms with E-state index in [1.165, 1.54) is 25.2 Å². The Hall–Kier alpha value is -1.56. The van der Waals surface area contributed by atoms with Gasteiger partial charge >= 0.3 is 0 Å². The van der Waals surface area contributed by atoms with Gasteiger partial charge < -0.3 is 14.8 Å². The molecule has 3 rings (SSSR count). The number of methoxy groups -OCH3 is 1. The summed E-state index contributed by atoms with van der Waals surface area (Å²) >= 11 is 17.8. The molecule has 0 spiro atoms. The number of ether oxygens (including phenoxy) is 2. The predicted octanol–water partition coefficient (Wildman–Crippen LogP) is 5.51. The zero-order valence-corrected chi connectivity index (χ0v) is 16.0. The number of hydrogen-bond donors (Lipinski definition) is 1. The Labute approximate surface area is 162 Å². The van der Waals surface area contributed by atoms with Crippen LogP contribution in [0.5, 0.6) is 11.5 Å². The van der Waals surface area contributed by atoms with Crippen LogP contribution >= 0.6 is 35.4 Å². The molecule has 25 heavy (non-hydrogen) atoms. The summed E-state index contributed by atoms with van der Waals surface area (Å²) in [7, 11) is 1.63. The van der Waals surface area contributed by atoms with Crippen molar-refractivity contribution in [2.75, 3.05) is 12.4 Å². The summed E-state index contributed by atoms with van der Waals surface area (Å²) in [5.74, 6) is 1.39. The largest absolute Gasteiger partial charge is 0.493 e. The van der Waals surface area contributed by atoms with Crippen molar-refractivity contribution in [3.63, 3.8) is 0 Å². The Kier molecular flexibility index (Phi) is 5.99. The van der Waals surface area contributed by atoms with Crippen LogP contribution in [-0.2, 0) is 0 Å². The second-order valence-corrected chi connectivity index (χ2v) is 7.04. The Bertz CT molecular complexity index is 759. The minimum Gasteiger partial charge on any atom is -0.493 e. The predicted molar refractivity (Wildman–Crippen MR) is 105 cm³/mol. The van der Waals surface area contributed by atoms with E-state index < -0.39 is 0 Å². The molecule has 1 aliphatic carbocycles. The van der Waals surface area contributed by atoms with Crippen molar-refractivity contribution >= 4 is 46.1 Å². The van der Waals surface area contributed by atoms with Gasteiger partial charge in [-0.2, -0.15) is 0 Å². The topological polar surface area (TPSA) is 43.4 Å². The molecule has 2 aromatic rings. The zero-order chi connectivity index (χ0) is 17.8. The molecule has 0 unspecified atom stereocenters. The number of benzene rings is 1. The van der Waals surface area contributed by atoms with Crippen LogP contribution in [0.3, 0.4) is 0 Å². The first-order valence-corrected chi connectivity index (χ1v) is 9.20. The monoisotopic (exact) mass is 396 g/mol. The maximum absolute atomic E-state index is 6.14. The molecule has 7 heteroatoms. The van der Waals surface area contributed by atoms with Gasteiger partial charge in [-0.1, -0.05) is 35.4 Å². The summed E-state index contributed by atoms with van der Waals surface area (Å²) in [5, 5.41) is 3.90. The van der Waals surface area contributed by atoms with Gasteiger partial charge in [0.2, 0.25) is 0 Å². The van der Waals surface area contributed by atoms with Gasteiger partial charge in [0, 0.05) is 18.0 Å². The number of nitrogens with zero attached hydrogens (tertiary/aromatic N) is 1. The molecule has 0 saturated heterocycles. The molecule has 1 aromatic heterocycles. The number of pyridine rings is 1. The molecule has 1 fully saturated rings. The van der Waals surface area contributed by atoms with Gasteiger partial charge in [0.15, 0.2) is 11.5 Å². The van der Waals surface area contributed by atoms with Gasteiger partial charge in [-0.3, -0.25) is 4.98 Å². The minimum atomic E-state index is 0.231. The number of anilines is 1. The van der Waals surface area contributed by atoms with Crippen LogP contribution in [-0.4, -0.2) is 23.2 Å². The van der Waals surface area contributed by atoms with Gasteiger partial charge in [0.05, 0.1) is 28.9 Å². The first-order chi connectivity index (χ1) is 12.1. The third-order valence-electron chi connectivity index (χ3n) is 4.11. The summed E-state index contributed by atoms with van der Waals surface area (Å²) in [6, 6.07) is 5.61. The molecular weight excluding hydrogens is 379 g/mol. The van der Waals surface area contributed by atoms with Crippen molar-refractivity contribution in [3.8, 4) is 11.5 Å². The second kappa shape index (κ2) is 8.21. The lowest BCUT2D eigenvalue weighted by atomic mass is 10.2. The Morgan fingerprint density at radius 2 is 1.84 bits per heavy atom. The summed E-state index contributed by atoms with van der Waals surface area (Å²) in [6.45, 7) is 0. The van der Waals surface area contributed by atoms with Crippen molar-refractivity contribution in [1.29, 1.82) is 0 Å². The highest BCUT2D eigenvalue weighted by Crippen LogP contribution is 2.34. The molecule has 0 bridgehead atoms. The van der Waals surface area contributed by atoms with E-state index in [1.807, 2.05) is 18.2 Å². The summed E-state index contributed by atoms with van der Waals surface area (Å²) in [4.78, 5) is 4.43. The van der Waals surface area contributed by atoms with E-state index in [-0.39, 0.29) is 6.10 Å². The van der Waals surface area contributed by atoms with E-state index in [2.05, 4.69) is 10.3 Å². The quantitative estimate of drug-likeness (QED) is 0.675. The van der Waals surface area contributed by atoms with Crippen molar-refractivity contribution in [2.45, 2.75) is 31.8 Å². The van der Waals surface area contributed by atoms with Crippen molar-refractivity contribution in [1.82, 2.24) is 4.98 Å². The number of hydrogen-bond acceptors (Lipinski definition) is 4. The molecule has 1 aliphatic rings. The van der Waals surface area contributed by atoms with Gasteiger partial charge in [0.25, 0.3) is 0 Å². The Morgan fingerprint density at radius 1 is 1.16 bits per heavy atom. The van der Waals surface area contributed by atoms with Crippen LogP contribution in [0.4, 0.5) is 5.69 Å². The van der Waals surface area contributed by atoms with E-state index in [0.29, 0.717) is 32.2 Å². The van der Waals surface area contributed by atoms with Crippen molar-refractivity contribution in [2.24, 2.45) is 0 Å². The maximum Gasteiger partial charge on any atom is 0.162 e. The molecule has 1 saturated carbocycles. The van der Waals surface area contributed by atoms with Crippen LogP contribution in [0, 0.1) is 0 Å². The van der Waals surface area contributed by atoms with E-state index in [9.17, 15) is 0 Å². The van der Waals surface area contributed by atoms with Gasteiger partial charge in [-0.05, 0) is 43.9 Å². The molecule has 0 aliphatic heterocycles. The fourth-order valence-corrected chi connectivity index (χ4v) is 3.50. The molecule has 132 valence electrons. The van der Waals surface area contributed by atoms with Gasteiger partial charge in [0.1, 0.15) is 4.99 Å². The highest BCUT2D eigenvalue weighted by molar-refractivity contribution is 7.81. The molecule has 0 amide bonds. The fourth-order valence-electron chi connectivity index (χ4n) is 2.81. The smallest absolute Gasteiger partial charge is 0.162 e. The third kappa shape index (κ3) is 4.35. The number of nitrogens with one attached hydrogen (secondary N) is 1. The lowest BCUT2D eigenvalue weighted by Gasteiger charge is -2.17. The van der Waals surface area contributed by atoms with E-state index in [4.69, 9.17) is 44.9 Å². The van der Waals surface area contributed by atoms with Crippen molar-refractivity contribution in [3.05, 3.63) is 46.2 Å². The summed E-state index contributed by atoms with van der Waals surface area (Å²) < 4.78 is 11.5. The number of rotatable bonds is 5. The normalized spacial score (nSPS) is 14.4. The standard InChI is InChI=1S/C18H18Cl2N2O2S/c1-23-15-7-6-11(8-16(15)24-12-4-2-3-5-12)18(25)22-17-13(19)9-21-10-14(17)20/h6-10,12H,2-5H2,1H3,(H,21,22,25). The first kappa shape index (κ1) is 18.2. The lowest BCUT2D eigenvalue weighted by Crippen LogP contribution is -2.14. The van der Waals surface area contributed by atoms with E-state index in [1.54, 1.807) is 7.11 Å². The molecule has 0 radical (unpaired) electrons. The lowest BCUT2D eigenvalue weighted by molar-refractivity contribution is 0.201. The summed E-state index contributed by atoms with van der Waals surface area (Å²) in [5.41, 5.74) is 1.34. The summed E-state index contributed by atoms with van der Waals surface area (Å²) in [6.07, 6.45) is 7.80. The highest BCUT2D eigenvalue weighted by Gasteiger charge is 2.19. The molecular formula is C18H18Cl2N2O2S. The maximum atomic E-state index is 6.14. The Balaban J connectivity index is 1.82. The van der Waals surface area contributed by atoms with Crippen LogP contribution in [0.2, 0.25) is 10.0 Å². The molecule has 1 aromatic carbocycles. The van der Waals surface area contributed by atoms with Gasteiger partial charge in [-0.15, -0.1) is 0 Å². The van der Waals surface area contributed by atoms with Crippen LogP contribution in [0.25, 0.3) is 0 Å². The van der Waals surface area contributed by atoms with E-state index in [0.717, 1.165) is 18.4 Å². The van der Waals surface area contributed by atoms with Crippen LogP contribution < -0.4 is 14.8 Å². The van der Waals surface area contributed by atoms with Crippen LogP contribution in [0.15, 0.2) is 30.6 Å². The molecule has 1 heterocycles. The highest BCUT2D eigenvalue weighted by atomic mass is 35.5. The zero-order valence-electron chi connectivity index (χ0n) is 13.7. The second-order valence-electron chi connectivity index (χ2n) is 5.82.